The van der Waals surface area contributed by atoms with Crippen molar-refractivity contribution in [2.45, 2.75) is 0 Å². The lowest BCUT2D eigenvalue weighted by Gasteiger charge is -2.18. The summed E-state index contributed by atoms with van der Waals surface area (Å²) in [5, 5.41) is 30.6. The Labute approximate surface area is 300 Å². The van der Waals surface area contributed by atoms with Crippen molar-refractivity contribution < 1.29 is 14.4 Å². The van der Waals surface area contributed by atoms with Crippen molar-refractivity contribution in [2.75, 3.05) is 0 Å². The topological polar surface area (TPSA) is 226 Å². The Balaban J connectivity index is 1.74. The minimum absolute atomic E-state index is 0.0188. The van der Waals surface area contributed by atoms with Gasteiger partial charge in [-0.2, -0.15) is 30.8 Å². The summed E-state index contributed by atoms with van der Waals surface area (Å²) in [6, 6.07) is 27.2. The second kappa shape index (κ2) is 13.4. The molecule has 54 heavy (non-hydrogen) atoms. The van der Waals surface area contributed by atoms with Crippen LogP contribution in [0, 0.1) is 34.0 Å². The van der Waals surface area contributed by atoms with Crippen molar-refractivity contribution in [2.24, 2.45) is 15.0 Å². The summed E-state index contributed by atoms with van der Waals surface area (Å²) in [5.41, 5.74) is -3.77. The zero-order valence-corrected chi connectivity index (χ0v) is 27.1. The van der Waals surface area contributed by atoms with Gasteiger partial charge in [-0.1, -0.05) is 36.4 Å². The average molecular weight is 706 g/mol. The molecule has 1 aromatic heterocycles. The summed E-state index contributed by atoms with van der Waals surface area (Å²) in [5.74, 6) is 0. The summed E-state index contributed by atoms with van der Waals surface area (Å²) in [6.07, 6.45) is 4.30. The van der Waals surface area contributed by atoms with E-state index in [9.17, 15) is 44.6 Å². The number of hydrogen-bond donors (Lipinski definition) is 0. The lowest BCUT2D eigenvalue weighted by molar-refractivity contribution is 0.564. The number of carbonyl (C=O) groups excluding carboxylic acids is 3. The van der Waals surface area contributed by atoms with Gasteiger partial charge in [0.2, 0.25) is 18.2 Å². The molecule has 6 aromatic carbocycles. The molecule has 0 amide bonds. The van der Waals surface area contributed by atoms with E-state index in [-0.39, 0.29) is 83.1 Å². The molecule has 7 rings (SSSR count). The third-order valence-electron chi connectivity index (χ3n) is 8.61. The standard InChI is InChI=1S/C39H15N9O6/c40-16-22-10-28-25(31(13-22)43-19-49)4-1-7-34(28)46-37(52)47(35-8-2-5-26-29(35)11-23(17-41)14-32(26)44-20-50)39(54)48(38(46)53)36-9-3-6-27-30(36)12-24(18-42)15-33(27)45-21-51/h1-15H. The van der Waals surface area contributed by atoms with Crippen LogP contribution in [-0.4, -0.2) is 31.9 Å². The quantitative estimate of drug-likeness (QED) is 0.165. The van der Waals surface area contributed by atoms with Gasteiger partial charge in [0.1, 0.15) is 0 Å². The highest BCUT2D eigenvalue weighted by Crippen LogP contribution is 2.34. The largest absolute Gasteiger partial charge is 0.345 e. The Morgan fingerprint density at radius 1 is 0.407 bits per heavy atom. The van der Waals surface area contributed by atoms with Crippen LogP contribution in [0.3, 0.4) is 0 Å². The van der Waals surface area contributed by atoms with Crippen LogP contribution in [-0.2, 0) is 14.4 Å². The molecule has 0 unspecified atom stereocenters. The van der Waals surface area contributed by atoms with Gasteiger partial charge in [-0.15, -0.1) is 0 Å². The summed E-state index contributed by atoms with van der Waals surface area (Å²) in [4.78, 5) is 89.6. The second-order valence-corrected chi connectivity index (χ2v) is 11.4. The highest BCUT2D eigenvalue weighted by atomic mass is 16.2. The average Bonchev–Trinajstić information content (AvgIpc) is 3.18. The molecule has 0 aliphatic carbocycles. The van der Waals surface area contributed by atoms with E-state index < -0.39 is 17.1 Å². The van der Waals surface area contributed by atoms with Gasteiger partial charge in [-0.3, -0.25) is 0 Å². The van der Waals surface area contributed by atoms with E-state index in [1.165, 1.54) is 91.0 Å². The highest BCUT2D eigenvalue weighted by molar-refractivity contribution is 6.01. The summed E-state index contributed by atoms with van der Waals surface area (Å²) in [6.45, 7) is 0. The number of nitrogens with zero attached hydrogens (tertiary/aromatic N) is 9. The number of rotatable bonds is 6. The Bertz CT molecular complexity index is 2920. The van der Waals surface area contributed by atoms with E-state index in [2.05, 4.69) is 15.0 Å². The minimum atomic E-state index is -1.18. The molecule has 0 saturated heterocycles. The molecule has 0 aliphatic heterocycles. The molecule has 0 N–H and O–H groups in total. The summed E-state index contributed by atoms with van der Waals surface area (Å²) >= 11 is 0. The third-order valence-corrected chi connectivity index (χ3v) is 8.61. The van der Waals surface area contributed by atoms with Gasteiger partial charge in [-0.05, 0) is 54.6 Å². The summed E-state index contributed by atoms with van der Waals surface area (Å²) < 4.78 is 2.07. The van der Waals surface area contributed by atoms with Crippen molar-refractivity contribution in [3.8, 4) is 35.3 Å². The lowest BCUT2D eigenvalue weighted by atomic mass is 10.0. The maximum Gasteiger partial charge on any atom is 0.345 e. The number of aromatic nitrogens is 3. The second-order valence-electron chi connectivity index (χ2n) is 11.4. The Hall–Kier alpha value is -8.88. The number of benzene rings is 6. The van der Waals surface area contributed by atoms with Crippen molar-refractivity contribution in [1.82, 2.24) is 13.7 Å². The highest BCUT2D eigenvalue weighted by Gasteiger charge is 2.24. The number of aliphatic imine (C=N–C) groups is 3. The first-order chi connectivity index (χ1) is 26.3. The molecule has 0 atom stereocenters. The van der Waals surface area contributed by atoms with Crippen molar-refractivity contribution >= 4 is 67.6 Å². The number of fused-ring (bicyclic) bond motifs is 3. The molecule has 1 heterocycles. The zero-order chi connectivity index (χ0) is 38.1. The molecule has 0 spiro atoms. The van der Waals surface area contributed by atoms with E-state index in [4.69, 9.17) is 0 Å². The molecule has 0 aliphatic rings. The third kappa shape index (κ3) is 5.30. The number of isocyanates is 3. The van der Waals surface area contributed by atoms with Crippen LogP contribution < -0.4 is 17.1 Å². The fraction of sp³-hybridized carbons (Fsp3) is 0. The first-order valence-corrected chi connectivity index (χ1v) is 15.4. The van der Waals surface area contributed by atoms with Crippen LogP contribution in [0.15, 0.2) is 120 Å². The van der Waals surface area contributed by atoms with Gasteiger partial charge < -0.3 is 0 Å². The molecule has 252 valence electrons. The van der Waals surface area contributed by atoms with Gasteiger partial charge in [0.25, 0.3) is 0 Å². The SMILES string of the molecule is N#Cc1cc(N=C=O)c2cccc(-n3c(=O)n(-c4cccc5c(N=C=O)cc(C#N)cc45)c(=O)n(-c4cccc5c(N=C=O)cc(C#N)cc45)c3=O)c2c1. The molecular formula is C39H15N9O6. The zero-order valence-electron chi connectivity index (χ0n) is 27.1. The first kappa shape index (κ1) is 33.6. The molecular weight excluding hydrogens is 690 g/mol. The smallest absolute Gasteiger partial charge is 0.246 e. The molecule has 0 saturated carbocycles. The van der Waals surface area contributed by atoms with E-state index in [0.717, 1.165) is 0 Å². The molecule has 7 aromatic rings. The van der Waals surface area contributed by atoms with Crippen LogP contribution in [0.1, 0.15) is 16.7 Å². The van der Waals surface area contributed by atoms with E-state index in [0.29, 0.717) is 13.7 Å². The van der Waals surface area contributed by atoms with Crippen molar-refractivity contribution in [1.29, 1.82) is 15.8 Å². The summed E-state index contributed by atoms with van der Waals surface area (Å²) in [7, 11) is 0. The fourth-order valence-electron chi connectivity index (χ4n) is 6.42. The van der Waals surface area contributed by atoms with Crippen LogP contribution in [0.25, 0.3) is 49.4 Å². The van der Waals surface area contributed by atoms with Crippen molar-refractivity contribution in [3.05, 3.63) is 139 Å². The first-order valence-electron chi connectivity index (χ1n) is 15.4. The van der Waals surface area contributed by atoms with Crippen LogP contribution in [0.2, 0.25) is 0 Å². The molecule has 15 heteroatoms. The monoisotopic (exact) mass is 705 g/mol. The number of nitriles is 3. The maximum absolute atomic E-state index is 14.8. The number of hydrogen-bond acceptors (Lipinski definition) is 12. The van der Waals surface area contributed by atoms with Crippen LogP contribution >= 0.6 is 0 Å². The molecule has 0 radical (unpaired) electrons. The van der Waals surface area contributed by atoms with Crippen molar-refractivity contribution in [3.63, 3.8) is 0 Å². The van der Waals surface area contributed by atoms with Gasteiger partial charge in [0.15, 0.2) is 0 Å². The van der Waals surface area contributed by atoms with Crippen LogP contribution in [0.5, 0.6) is 0 Å². The molecule has 0 bridgehead atoms. The lowest BCUT2D eigenvalue weighted by Crippen LogP contribution is -2.52. The van der Waals surface area contributed by atoms with Crippen LogP contribution in [0.4, 0.5) is 17.1 Å². The normalized spacial score (nSPS) is 10.4. The van der Waals surface area contributed by atoms with Gasteiger partial charge in [-0.25, -0.2) is 42.5 Å². The maximum atomic E-state index is 14.8. The Kier molecular flexibility index (Phi) is 8.37. The molecule has 0 fully saturated rings. The van der Waals surface area contributed by atoms with Gasteiger partial charge in [0.05, 0.1) is 69.0 Å². The van der Waals surface area contributed by atoms with Gasteiger partial charge >= 0.3 is 17.1 Å². The van der Waals surface area contributed by atoms with Gasteiger partial charge in [0, 0.05) is 32.3 Å². The van der Waals surface area contributed by atoms with E-state index in [1.807, 2.05) is 18.2 Å². The predicted octanol–water partition coefficient (Wildman–Crippen LogP) is 5.12. The fourth-order valence-corrected chi connectivity index (χ4v) is 6.42. The molecule has 15 nitrogen and oxygen atoms in total. The predicted molar refractivity (Wildman–Crippen MR) is 193 cm³/mol. The van der Waals surface area contributed by atoms with E-state index in [1.54, 1.807) is 18.2 Å². The minimum Gasteiger partial charge on any atom is -0.246 e. The van der Waals surface area contributed by atoms with E-state index >= 15 is 0 Å². The Morgan fingerprint density at radius 3 is 0.926 bits per heavy atom. The Morgan fingerprint density at radius 2 is 0.685 bits per heavy atom.